The first-order valence-corrected chi connectivity index (χ1v) is 12.5. The van der Waals surface area contributed by atoms with Crippen LogP contribution in [0.15, 0.2) is 43.0 Å². The Bertz CT molecular complexity index is 1570. The molecule has 4 N–H and O–H groups in total. The second kappa shape index (κ2) is 10.5. The zero-order valence-corrected chi connectivity index (χ0v) is 21.2. The molecule has 14 heteroatoms. The van der Waals surface area contributed by atoms with Gasteiger partial charge < -0.3 is 16.4 Å². The summed E-state index contributed by atoms with van der Waals surface area (Å²) in [6, 6.07) is 6.81. The predicted molar refractivity (Wildman–Crippen MR) is 137 cm³/mol. The molecule has 39 heavy (non-hydrogen) atoms. The number of rotatable bonds is 6. The number of amides is 1. The number of fused-ring (bicyclic) bond motifs is 1. The number of alkyl halides is 3. The fourth-order valence-corrected chi connectivity index (χ4v) is 4.89. The Kier molecular flexibility index (Phi) is 7.16. The van der Waals surface area contributed by atoms with E-state index in [1.54, 1.807) is 24.3 Å². The molecule has 0 bridgehead atoms. The van der Waals surface area contributed by atoms with Crippen molar-refractivity contribution >= 4 is 34.7 Å². The van der Waals surface area contributed by atoms with Crippen LogP contribution in [0.5, 0.6) is 0 Å². The monoisotopic (exact) mass is 557 g/mol. The van der Waals surface area contributed by atoms with E-state index in [2.05, 4.69) is 25.7 Å². The van der Waals surface area contributed by atoms with Gasteiger partial charge in [0.15, 0.2) is 17.2 Å². The zero-order chi connectivity index (χ0) is 27.7. The van der Waals surface area contributed by atoms with Crippen LogP contribution in [-0.4, -0.2) is 42.1 Å². The fourth-order valence-electron chi connectivity index (χ4n) is 4.62. The van der Waals surface area contributed by atoms with Crippen LogP contribution in [0.4, 0.5) is 24.7 Å². The van der Waals surface area contributed by atoms with Crippen molar-refractivity contribution in [1.82, 2.24) is 29.5 Å². The van der Waals surface area contributed by atoms with Crippen molar-refractivity contribution in [3.63, 3.8) is 0 Å². The van der Waals surface area contributed by atoms with Crippen molar-refractivity contribution in [2.45, 2.75) is 50.5 Å². The molecule has 1 saturated carbocycles. The number of anilines is 2. The summed E-state index contributed by atoms with van der Waals surface area (Å²) in [6.45, 7) is -0.336. The van der Waals surface area contributed by atoms with Gasteiger partial charge in [-0.15, -0.1) is 0 Å². The van der Waals surface area contributed by atoms with E-state index in [1.807, 2.05) is 0 Å². The molecule has 202 valence electrons. The number of hydrogen-bond donors (Lipinski definition) is 3. The van der Waals surface area contributed by atoms with Crippen LogP contribution in [-0.2, 0) is 12.7 Å². The lowest BCUT2D eigenvalue weighted by atomic mass is 9.91. The second-order valence-electron chi connectivity index (χ2n) is 9.26. The minimum absolute atomic E-state index is 0.0486. The van der Waals surface area contributed by atoms with E-state index in [0.717, 1.165) is 36.6 Å². The first kappa shape index (κ1) is 26.5. The van der Waals surface area contributed by atoms with Crippen LogP contribution in [0.1, 0.15) is 41.7 Å². The van der Waals surface area contributed by atoms with Crippen molar-refractivity contribution in [3.8, 4) is 17.3 Å². The lowest BCUT2D eigenvalue weighted by molar-refractivity contribution is -0.141. The molecule has 10 nitrogen and oxygen atoms in total. The second-order valence-corrected chi connectivity index (χ2v) is 9.67. The number of imidazole rings is 1. The van der Waals surface area contributed by atoms with Gasteiger partial charge in [-0.25, -0.2) is 9.97 Å². The summed E-state index contributed by atoms with van der Waals surface area (Å²) in [5, 5.41) is 18.7. The third-order valence-electron chi connectivity index (χ3n) is 6.55. The zero-order valence-electron chi connectivity index (χ0n) is 20.4. The molecule has 5 rings (SSSR count). The van der Waals surface area contributed by atoms with Gasteiger partial charge in [0.25, 0.3) is 5.91 Å². The molecule has 0 saturated heterocycles. The SMILES string of the molecule is N#CCn1cc(-c2cnc3c(Nc4ccc(C(=O)NC5CCC(N)CC5)c(Cl)c4)nccn23)c(C(F)(F)F)n1. The molecule has 0 atom stereocenters. The van der Waals surface area contributed by atoms with Gasteiger partial charge in [0, 0.05) is 36.4 Å². The maximum absolute atomic E-state index is 13.7. The number of halogens is 4. The van der Waals surface area contributed by atoms with E-state index >= 15 is 0 Å². The van der Waals surface area contributed by atoms with Gasteiger partial charge in [-0.2, -0.15) is 23.5 Å². The van der Waals surface area contributed by atoms with Crippen molar-refractivity contribution in [1.29, 1.82) is 5.26 Å². The number of nitrogens with one attached hydrogen (secondary N) is 2. The first-order valence-electron chi connectivity index (χ1n) is 12.1. The fraction of sp³-hybridized carbons (Fsp3) is 0.320. The lowest BCUT2D eigenvalue weighted by Crippen LogP contribution is -2.40. The number of hydrogen-bond acceptors (Lipinski definition) is 7. The van der Waals surface area contributed by atoms with Crippen molar-refractivity contribution in [2.75, 3.05) is 5.32 Å². The van der Waals surface area contributed by atoms with Crippen LogP contribution < -0.4 is 16.4 Å². The van der Waals surface area contributed by atoms with Gasteiger partial charge in [-0.05, 0) is 43.9 Å². The van der Waals surface area contributed by atoms with Gasteiger partial charge in [0.2, 0.25) is 0 Å². The van der Waals surface area contributed by atoms with Crippen LogP contribution >= 0.6 is 11.6 Å². The third kappa shape index (κ3) is 5.52. The van der Waals surface area contributed by atoms with Crippen molar-refractivity contribution < 1.29 is 18.0 Å². The number of aromatic nitrogens is 5. The molecule has 0 spiro atoms. The maximum atomic E-state index is 13.7. The van der Waals surface area contributed by atoms with E-state index in [-0.39, 0.29) is 52.3 Å². The van der Waals surface area contributed by atoms with Gasteiger partial charge in [-0.3, -0.25) is 13.9 Å². The number of carbonyl (C=O) groups is 1. The van der Waals surface area contributed by atoms with Crippen LogP contribution in [0.3, 0.4) is 0 Å². The summed E-state index contributed by atoms with van der Waals surface area (Å²) in [5.74, 6) is -0.0175. The number of benzene rings is 1. The summed E-state index contributed by atoms with van der Waals surface area (Å²) < 4.78 is 43.4. The molecule has 0 unspecified atom stereocenters. The van der Waals surface area contributed by atoms with E-state index in [1.165, 1.54) is 23.0 Å². The number of carbonyl (C=O) groups excluding carboxylic acids is 1. The molecule has 1 aromatic carbocycles. The summed E-state index contributed by atoms with van der Waals surface area (Å²) in [6.07, 6.45) is 3.94. The minimum atomic E-state index is -4.73. The largest absolute Gasteiger partial charge is 0.435 e. The average Bonchev–Trinajstić information content (AvgIpc) is 3.50. The molecule has 0 aliphatic heterocycles. The highest BCUT2D eigenvalue weighted by Gasteiger charge is 2.38. The molecule has 1 fully saturated rings. The normalized spacial score (nSPS) is 17.6. The lowest BCUT2D eigenvalue weighted by Gasteiger charge is -2.27. The van der Waals surface area contributed by atoms with Gasteiger partial charge >= 0.3 is 6.18 Å². The molecule has 1 aliphatic carbocycles. The summed E-state index contributed by atoms with van der Waals surface area (Å²) in [5.41, 5.74) is 5.79. The average molecular weight is 558 g/mol. The Hall–Kier alpha value is -4.15. The number of nitrogens with two attached hydrogens (primary N) is 1. The molecule has 4 aromatic rings. The van der Waals surface area contributed by atoms with Gasteiger partial charge in [-0.1, -0.05) is 11.6 Å². The highest BCUT2D eigenvalue weighted by atomic mass is 35.5. The predicted octanol–water partition coefficient (Wildman–Crippen LogP) is 4.53. The van der Waals surface area contributed by atoms with Crippen LogP contribution in [0.2, 0.25) is 5.02 Å². The smallest absolute Gasteiger partial charge is 0.349 e. The molecule has 1 aliphatic rings. The van der Waals surface area contributed by atoms with E-state index in [9.17, 15) is 18.0 Å². The quantitative estimate of drug-likeness (QED) is 0.316. The minimum Gasteiger partial charge on any atom is -0.349 e. The third-order valence-corrected chi connectivity index (χ3v) is 6.86. The Morgan fingerprint density at radius 3 is 2.69 bits per heavy atom. The Morgan fingerprint density at radius 1 is 1.23 bits per heavy atom. The standard InChI is InChI=1S/C25H23ClF3N9O/c26-19-11-16(5-6-17(19)24(39)35-15-3-1-14(31)2-4-15)34-22-23-33-12-20(38(23)10-8-32-22)18-13-37(9-7-30)36-21(18)25(27,28)29/h5-6,8,10-15H,1-4,9,31H2,(H,32,34)(H,35,39). The molecular formula is C25H23ClF3N9O. The Balaban J connectivity index is 1.39. The van der Waals surface area contributed by atoms with E-state index in [0.29, 0.717) is 11.3 Å². The van der Waals surface area contributed by atoms with E-state index in [4.69, 9.17) is 22.6 Å². The topological polar surface area (TPSA) is 139 Å². The number of nitriles is 1. The van der Waals surface area contributed by atoms with Crippen LogP contribution in [0.25, 0.3) is 16.9 Å². The Labute approximate surface area is 225 Å². The van der Waals surface area contributed by atoms with Crippen molar-refractivity contribution in [3.05, 3.63) is 59.3 Å². The van der Waals surface area contributed by atoms with Crippen molar-refractivity contribution in [2.24, 2.45) is 5.73 Å². The van der Waals surface area contributed by atoms with Gasteiger partial charge in [0.1, 0.15) is 6.54 Å². The highest BCUT2D eigenvalue weighted by Crippen LogP contribution is 2.37. The number of nitrogens with zero attached hydrogens (tertiary/aromatic N) is 6. The van der Waals surface area contributed by atoms with Crippen LogP contribution in [0, 0.1) is 11.3 Å². The molecule has 0 radical (unpaired) electrons. The molecule has 3 aromatic heterocycles. The summed E-state index contributed by atoms with van der Waals surface area (Å²) >= 11 is 6.42. The summed E-state index contributed by atoms with van der Waals surface area (Å²) in [7, 11) is 0. The highest BCUT2D eigenvalue weighted by molar-refractivity contribution is 6.34. The van der Waals surface area contributed by atoms with E-state index < -0.39 is 11.9 Å². The molecule has 1 amide bonds. The molecular weight excluding hydrogens is 535 g/mol. The maximum Gasteiger partial charge on any atom is 0.435 e. The Morgan fingerprint density at radius 2 is 2.00 bits per heavy atom. The van der Waals surface area contributed by atoms with Gasteiger partial charge in [0.05, 0.1) is 34.1 Å². The molecule has 3 heterocycles. The first-order chi connectivity index (χ1) is 18.6. The summed E-state index contributed by atoms with van der Waals surface area (Å²) in [4.78, 5) is 21.3.